The van der Waals surface area contributed by atoms with E-state index in [4.69, 9.17) is 16.3 Å². The van der Waals surface area contributed by atoms with E-state index in [1.807, 2.05) is 6.07 Å². The Kier molecular flexibility index (Phi) is 6.25. The van der Waals surface area contributed by atoms with E-state index in [1.54, 1.807) is 36.7 Å². The number of methoxy groups -OCH3 is 1. The summed E-state index contributed by atoms with van der Waals surface area (Å²) in [7, 11) is 1.68. The Balaban J connectivity index is 1.79. The molecule has 1 aliphatic carbocycles. The summed E-state index contributed by atoms with van der Waals surface area (Å²) >= 11 is 10.0. The van der Waals surface area contributed by atoms with E-state index in [2.05, 4.69) is 0 Å². The van der Waals surface area contributed by atoms with Gasteiger partial charge in [-0.25, -0.2) is 0 Å². The van der Waals surface area contributed by atoms with E-state index in [0.717, 1.165) is 22.6 Å². The molecule has 0 spiro atoms. The van der Waals surface area contributed by atoms with Crippen molar-refractivity contribution in [2.45, 2.75) is 35.2 Å². The normalized spacial score (nSPS) is 20.8. The largest absolute Gasteiger partial charge is 0.384 e. The van der Waals surface area contributed by atoms with E-state index in [1.165, 1.54) is 0 Å². The maximum absolute atomic E-state index is 12.8. The van der Waals surface area contributed by atoms with Gasteiger partial charge in [-0.2, -0.15) is 0 Å². The highest BCUT2D eigenvalue weighted by molar-refractivity contribution is 8.17. The van der Waals surface area contributed by atoms with Crippen LogP contribution in [0.1, 0.15) is 35.2 Å². The van der Waals surface area contributed by atoms with Crippen LogP contribution in [-0.2, 0) is 20.7 Å². The van der Waals surface area contributed by atoms with Crippen LogP contribution in [0.4, 0.5) is 0 Å². The van der Waals surface area contributed by atoms with Gasteiger partial charge in [-0.15, -0.1) is 23.5 Å². The minimum Gasteiger partial charge on any atom is -0.384 e. The van der Waals surface area contributed by atoms with Gasteiger partial charge in [0.25, 0.3) is 0 Å². The Labute approximate surface area is 160 Å². The van der Waals surface area contributed by atoms with Crippen molar-refractivity contribution < 1.29 is 19.1 Å². The number of hydrogen-bond donors (Lipinski definition) is 0. The summed E-state index contributed by atoms with van der Waals surface area (Å²) in [6, 6.07) is 3.54. The molecule has 1 fully saturated rings. The van der Waals surface area contributed by atoms with Crippen LogP contribution in [0.5, 0.6) is 0 Å². The van der Waals surface area contributed by atoms with Gasteiger partial charge in [0.1, 0.15) is 5.92 Å². The quantitative estimate of drug-likeness (QED) is 0.412. The predicted octanol–water partition coefficient (Wildman–Crippen LogP) is 3.81. The molecule has 1 aromatic carbocycles. The number of carbonyl (C=O) groups is 3. The lowest BCUT2D eigenvalue weighted by atomic mass is 9.81. The van der Waals surface area contributed by atoms with Gasteiger partial charge in [0, 0.05) is 36.2 Å². The molecule has 4 nitrogen and oxygen atoms in total. The fourth-order valence-electron chi connectivity index (χ4n) is 3.15. The number of hydrogen-bond acceptors (Lipinski definition) is 6. The zero-order chi connectivity index (χ0) is 18.0. The van der Waals surface area contributed by atoms with E-state index in [0.29, 0.717) is 41.0 Å². The van der Waals surface area contributed by atoms with E-state index in [9.17, 15) is 14.4 Å². The summed E-state index contributed by atoms with van der Waals surface area (Å²) in [6.07, 6.45) is 1.88. The molecule has 0 radical (unpaired) electrons. The van der Waals surface area contributed by atoms with E-state index < -0.39 is 11.7 Å². The molecule has 0 amide bonds. The van der Waals surface area contributed by atoms with Crippen LogP contribution in [-0.4, -0.2) is 41.4 Å². The third-order valence-electron chi connectivity index (χ3n) is 4.44. The van der Waals surface area contributed by atoms with Crippen molar-refractivity contribution in [3.05, 3.63) is 28.3 Å². The van der Waals surface area contributed by atoms with Crippen molar-refractivity contribution in [3.63, 3.8) is 0 Å². The molecule has 0 N–H and O–H groups in total. The lowest BCUT2D eigenvalue weighted by molar-refractivity contribution is -0.133. The molecule has 1 saturated carbocycles. The summed E-state index contributed by atoms with van der Waals surface area (Å²) in [5.41, 5.74) is 1.25. The van der Waals surface area contributed by atoms with Gasteiger partial charge >= 0.3 is 0 Å². The molecule has 0 aromatic heterocycles. The third kappa shape index (κ3) is 3.97. The Morgan fingerprint density at radius 3 is 2.72 bits per heavy atom. The second-order valence-corrected chi connectivity index (χ2v) is 9.33. The maximum atomic E-state index is 12.8. The molecular weight excluding hydrogens is 380 g/mol. The van der Waals surface area contributed by atoms with E-state index >= 15 is 0 Å². The van der Waals surface area contributed by atoms with Gasteiger partial charge in [-0.05, 0) is 30.5 Å². The number of carbonyl (C=O) groups excluding carboxylic acids is 3. The monoisotopic (exact) mass is 398 g/mol. The van der Waals surface area contributed by atoms with Gasteiger partial charge in [0.2, 0.25) is 0 Å². The fraction of sp³-hybridized carbons (Fsp3) is 0.500. The van der Waals surface area contributed by atoms with Gasteiger partial charge in [-0.3, -0.25) is 14.4 Å². The number of halogens is 1. The molecular formula is C18H19ClO4S2. The summed E-state index contributed by atoms with van der Waals surface area (Å²) < 4.78 is 5.41. The number of ketones is 3. The molecule has 0 bridgehead atoms. The lowest BCUT2D eigenvalue weighted by Crippen LogP contribution is -2.35. The van der Waals surface area contributed by atoms with Crippen molar-refractivity contribution in [2.24, 2.45) is 5.92 Å². The highest BCUT2D eigenvalue weighted by Gasteiger charge is 2.38. The molecule has 1 atom stereocenters. The Bertz CT molecular complexity index is 703. The van der Waals surface area contributed by atoms with Crippen LogP contribution in [0, 0.1) is 5.92 Å². The number of ether oxygens (including phenoxy) is 1. The number of rotatable bonds is 6. The van der Waals surface area contributed by atoms with Crippen LogP contribution in [0.2, 0.25) is 5.02 Å². The van der Waals surface area contributed by atoms with Gasteiger partial charge < -0.3 is 4.74 Å². The molecule has 1 aliphatic heterocycles. The number of benzene rings is 1. The molecule has 7 heteroatoms. The molecule has 3 rings (SSSR count). The van der Waals surface area contributed by atoms with Crippen molar-refractivity contribution >= 4 is 52.5 Å². The van der Waals surface area contributed by atoms with Gasteiger partial charge in [-0.1, -0.05) is 11.6 Å². The molecule has 1 heterocycles. The average Bonchev–Trinajstić information content (AvgIpc) is 2.99. The van der Waals surface area contributed by atoms with E-state index in [-0.39, 0.29) is 11.6 Å². The van der Waals surface area contributed by atoms with Crippen LogP contribution in [0.15, 0.2) is 17.0 Å². The van der Waals surface area contributed by atoms with Gasteiger partial charge in [0.05, 0.1) is 16.2 Å². The van der Waals surface area contributed by atoms with Crippen LogP contribution in [0.25, 0.3) is 0 Å². The summed E-state index contributed by atoms with van der Waals surface area (Å²) in [5, 5.41) is 0.399. The van der Waals surface area contributed by atoms with Crippen molar-refractivity contribution in [1.82, 2.24) is 0 Å². The Hall–Kier alpha value is -0.820. The van der Waals surface area contributed by atoms with Gasteiger partial charge in [0.15, 0.2) is 17.3 Å². The zero-order valence-corrected chi connectivity index (χ0v) is 16.3. The summed E-state index contributed by atoms with van der Waals surface area (Å²) in [5.74, 6) is -1.26. The summed E-state index contributed by atoms with van der Waals surface area (Å²) in [6.45, 7) is 0.696. The molecule has 2 aliphatic rings. The first-order valence-corrected chi connectivity index (χ1v) is 10.5. The molecule has 1 aromatic rings. The van der Waals surface area contributed by atoms with Crippen molar-refractivity contribution in [3.8, 4) is 0 Å². The molecule has 1 unspecified atom stereocenters. The molecule has 25 heavy (non-hydrogen) atoms. The van der Waals surface area contributed by atoms with Crippen LogP contribution in [0.3, 0.4) is 0 Å². The van der Waals surface area contributed by atoms with Crippen molar-refractivity contribution in [1.29, 1.82) is 0 Å². The van der Waals surface area contributed by atoms with Crippen LogP contribution < -0.4 is 0 Å². The van der Waals surface area contributed by atoms with Crippen molar-refractivity contribution in [2.75, 3.05) is 19.5 Å². The summed E-state index contributed by atoms with van der Waals surface area (Å²) in [4.78, 5) is 38.0. The second kappa shape index (κ2) is 8.25. The Morgan fingerprint density at radius 2 is 2.04 bits per heavy atom. The highest BCUT2D eigenvalue weighted by Crippen LogP contribution is 2.46. The maximum Gasteiger partial charge on any atom is 0.182 e. The topological polar surface area (TPSA) is 60.4 Å². The first kappa shape index (κ1) is 19.0. The minimum absolute atomic E-state index is 0.278. The lowest BCUT2D eigenvalue weighted by Gasteiger charge is -2.19. The minimum atomic E-state index is -1.16. The zero-order valence-electron chi connectivity index (χ0n) is 13.9. The fourth-order valence-corrected chi connectivity index (χ4v) is 6.23. The predicted molar refractivity (Wildman–Crippen MR) is 101 cm³/mol. The SMILES string of the molecule is COCCSC1Cc2c(ccc(C(=O)C3C(=O)CCCC3=O)c2Cl)S1. The number of fused-ring (bicyclic) bond motifs is 1. The average molecular weight is 399 g/mol. The smallest absolute Gasteiger partial charge is 0.182 e. The number of thioether (sulfide) groups is 2. The second-order valence-electron chi connectivity index (χ2n) is 6.10. The Morgan fingerprint density at radius 1 is 1.32 bits per heavy atom. The highest BCUT2D eigenvalue weighted by atomic mass is 35.5. The first-order chi connectivity index (χ1) is 12.0. The molecule has 134 valence electrons. The standard InChI is InChI=1S/C18H19ClO4S2/c1-23-7-8-24-15-9-11-14(25-15)6-5-10(17(11)19)18(22)16-12(20)3-2-4-13(16)21/h5-6,15-16H,2-4,7-9H2,1H3. The third-order valence-corrected chi connectivity index (χ3v) is 7.57. The number of Topliss-reactive ketones (excluding diaryl/α,β-unsaturated/α-hetero) is 3. The molecule has 0 saturated heterocycles. The first-order valence-electron chi connectivity index (χ1n) is 8.21. The van der Waals surface area contributed by atoms with Crippen LogP contribution >= 0.6 is 35.1 Å².